The van der Waals surface area contributed by atoms with Crippen molar-refractivity contribution in [3.8, 4) is 0 Å². The summed E-state index contributed by atoms with van der Waals surface area (Å²) < 4.78 is 14.0. The number of hydrogen-bond donors (Lipinski definition) is 0. The molecule has 0 saturated carbocycles. The normalized spacial score (nSPS) is 20.8. The van der Waals surface area contributed by atoms with Crippen molar-refractivity contribution in [1.29, 1.82) is 0 Å². The Morgan fingerprint density at radius 3 is 2.64 bits per heavy atom. The molecule has 4 nitrogen and oxygen atoms in total. The molecule has 1 fully saturated rings. The SMILES string of the molecule is CN(C)CCN(C[C@H]1CCCN(Cc2ccccc2F)C1)C(=O)C1CC=CC1. The molecular formula is C23H34FN3O. The van der Waals surface area contributed by atoms with Crippen molar-refractivity contribution in [3.05, 3.63) is 47.8 Å². The lowest BCUT2D eigenvalue weighted by Crippen LogP contribution is -2.46. The highest BCUT2D eigenvalue weighted by Crippen LogP contribution is 2.24. The maximum atomic E-state index is 14.0. The average Bonchev–Trinajstić information content (AvgIpc) is 3.21. The second-order valence-corrected chi connectivity index (χ2v) is 8.56. The van der Waals surface area contributed by atoms with E-state index in [4.69, 9.17) is 0 Å². The van der Waals surface area contributed by atoms with Gasteiger partial charge < -0.3 is 9.80 Å². The van der Waals surface area contributed by atoms with E-state index in [2.05, 4.69) is 40.9 Å². The van der Waals surface area contributed by atoms with Gasteiger partial charge in [0.15, 0.2) is 0 Å². The van der Waals surface area contributed by atoms with Crippen LogP contribution in [0, 0.1) is 17.7 Å². The van der Waals surface area contributed by atoms with Gasteiger partial charge in [-0.2, -0.15) is 0 Å². The van der Waals surface area contributed by atoms with Gasteiger partial charge in [0.05, 0.1) is 0 Å². The fourth-order valence-electron chi connectivity index (χ4n) is 4.31. The Morgan fingerprint density at radius 1 is 1.18 bits per heavy atom. The fourth-order valence-corrected chi connectivity index (χ4v) is 4.31. The first-order chi connectivity index (χ1) is 13.5. The molecule has 0 aromatic heterocycles. The lowest BCUT2D eigenvalue weighted by atomic mass is 9.95. The number of allylic oxidation sites excluding steroid dienone is 2. The second kappa shape index (κ2) is 10.2. The quantitative estimate of drug-likeness (QED) is 0.640. The number of nitrogens with zero attached hydrogens (tertiary/aromatic N) is 3. The highest BCUT2D eigenvalue weighted by atomic mass is 19.1. The summed E-state index contributed by atoms with van der Waals surface area (Å²) in [5, 5.41) is 0. The summed E-state index contributed by atoms with van der Waals surface area (Å²) in [5.41, 5.74) is 0.765. The smallest absolute Gasteiger partial charge is 0.226 e. The second-order valence-electron chi connectivity index (χ2n) is 8.56. The molecule has 0 N–H and O–H groups in total. The van der Waals surface area contributed by atoms with Crippen LogP contribution < -0.4 is 0 Å². The molecule has 154 valence electrons. The van der Waals surface area contributed by atoms with Crippen LogP contribution in [0.2, 0.25) is 0 Å². The first kappa shape index (κ1) is 21.0. The van der Waals surface area contributed by atoms with Crippen molar-refractivity contribution in [2.24, 2.45) is 11.8 Å². The van der Waals surface area contributed by atoms with Crippen molar-refractivity contribution < 1.29 is 9.18 Å². The zero-order chi connectivity index (χ0) is 19.9. The van der Waals surface area contributed by atoms with Gasteiger partial charge in [0.2, 0.25) is 5.91 Å². The number of carbonyl (C=O) groups is 1. The van der Waals surface area contributed by atoms with E-state index < -0.39 is 0 Å². The van der Waals surface area contributed by atoms with Gasteiger partial charge in [-0.25, -0.2) is 4.39 Å². The van der Waals surface area contributed by atoms with Crippen LogP contribution in [0.5, 0.6) is 0 Å². The third-order valence-electron chi connectivity index (χ3n) is 5.92. The molecule has 1 amide bonds. The summed E-state index contributed by atoms with van der Waals surface area (Å²) in [6.07, 6.45) is 8.26. The molecular weight excluding hydrogens is 353 g/mol. The molecule has 2 aliphatic rings. The van der Waals surface area contributed by atoms with Crippen LogP contribution in [0.15, 0.2) is 36.4 Å². The standard InChI is InChI=1S/C23H34FN3O/c1-25(2)14-15-27(23(28)20-9-3-4-10-20)17-19-8-7-13-26(16-19)18-21-11-5-6-12-22(21)24/h3-6,11-12,19-20H,7-10,13-18H2,1-2H3/t19-/m0/s1. The van der Waals surface area contributed by atoms with Gasteiger partial charge in [-0.05, 0) is 58.3 Å². The Hall–Kier alpha value is -1.72. The molecule has 3 rings (SSSR count). The van der Waals surface area contributed by atoms with E-state index in [-0.39, 0.29) is 11.7 Å². The van der Waals surface area contributed by atoms with E-state index in [0.717, 1.165) is 64.0 Å². The van der Waals surface area contributed by atoms with Crippen LogP contribution in [0.3, 0.4) is 0 Å². The highest BCUT2D eigenvalue weighted by Gasteiger charge is 2.29. The summed E-state index contributed by atoms with van der Waals surface area (Å²) in [6, 6.07) is 7.05. The zero-order valence-corrected chi connectivity index (χ0v) is 17.3. The van der Waals surface area contributed by atoms with Crippen LogP contribution in [0.25, 0.3) is 0 Å². The number of benzene rings is 1. The molecule has 1 aromatic carbocycles. The summed E-state index contributed by atoms with van der Waals surface area (Å²) in [5.74, 6) is 0.764. The van der Waals surface area contributed by atoms with Crippen LogP contribution in [0.4, 0.5) is 4.39 Å². The van der Waals surface area contributed by atoms with Crippen LogP contribution in [-0.4, -0.2) is 67.4 Å². The van der Waals surface area contributed by atoms with Gasteiger partial charge in [-0.1, -0.05) is 30.4 Å². The van der Waals surface area contributed by atoms with Gasteiger partial charge in [-0.15, -0.1) is 0 Å². The van der Waals surface area contributed by atoms with Crippen LogP contribution >= 0.6 is 0 Å². The molecule has 28 heavy (non-hydrogen) atoms. The largest absolute Gasteiger partial charge is 0.341 e. The fraction of sp³-hybridized carbons (Fsp3) is 0.609. The van der Waals surface area contributed by atoms with E-state index in [1.807, 2.05) is 12.1 Å². The number of amides is 1. The molecule has 1 aromatic rings. The Bertz CT molecular complexity index is 668. The van der Waals surface area contributed by atoms with Crippen molar-refractivity contribution in [1.82, 2.24) is 14.7 Å². The molecule has 1 saturated heterocycles. The number of piperidine rings is 1. The molecule has 0 unspecified atom stereocenters. The third-order valence-corrected chi connectivity index (χ3v) is 5.92. The van der Waals surface area contributed by atoms with Crippen LogP contribution in [0.1, 0.15) is 31.2 Å². The Kier molecular flexibility index (Phi) is 7.63. The summed E-state index contributed by atoms with van der Waals surface area (Å²) in [7, 11) is 4.10. The first-order valence-corrected chi connectivity index (χ1v) is 10.6. The first-order valence-electron chi connectivity index (χ1n) is 10.6. The van der Waals surface area contributed by atoms with E-state index in [1.54, 1.807) is 6.07 Å². The van der Waals surface area contributed by atoms with Crippen molar-refractivity contribution in [2.75, 3.05) is 46.8 Å². The average molecular weight is 388 g/mol. The molecule has 1 atom stereocenters. The lowest BCUT2D eigenvalue weighted by Gasteiger charge is -2.37. The predicted molar refractivity (Wildman–Crippen MR) is 111 cm³/mol. The highest BCUT2D eigenvalue weighted by molar-refractivity contribution is 5.79. The van der Waals surface area contributed by atoms with Crippen molar-refractivity contribution >= 4 is 5.91 Å². The summed E-state index contributed by atoms with van der Waals surface area (Å²) in [4.78, 5) is 19.6. The van der Waals surface area contributed by atoms with Gasteiger partial charge >= 0.3 is 0 Å². The third kappa shape index (κ3) is 5.89. The molecule has 1 aliphatic heterocycles. The number of halogens is 1. The molecule has 0 radical (unpaired) electrons. The minimum absolute atomic E-state index is 0.124. The van der Waals surface area contributed by atoms with E-state index in [1.165, 1.54) is 6.07 Å². The summed E-state index contributed by atoms with van der Waals surface area (Å²) >= 11 is 0. The number of likely N-dealkylation sites (tertiary alicyclic amines) is 1. The number of rotatable bonds is 8. The maximum Gasteiger partial charge on any atom is 0.226 e. The van der Waals surface area contributed by atoms with E-state index in [9.17, 15) is 9.18 Å². The monoisotopic (exact) mass is 387 g/mol. The van der Waals surface area contributed by atoms with E-state index >= 15 is 0 Å². The lowest BCUT2D eigenvalue weighted by molar-refractivity contribution is -0.136. The van der Waals surface area contributed by atoms with Gasteiger partial charge in [0, 0.05) is 44.2 Å². The van der Waals surface area contributed by atoms with Crippen LogP contribution in [-0.2, 0) is 11.3 Å². The molecule has 5 heteroatoms. The number of carbonyl (C=O) groups excluding carboxylic acids is 1. The molecule has 0 spiro atoms. The maximum absolute atomic E-state index is 14.0. The van der Waals surface area contributed by atoms with Crippen molar-refractivity contribution in [2.45, 2.75) is 32.2 Å². The van der Waals surface area contributed by atoms with Gasteiger partial charge in [0.25, 0.3) is 0 Å². The molecule has 1 heterocycles. The molecule has 0 bridgehead atoms. The van der Waals surface area contributed by atoms with E-state index in [0.29, 0.717) is 18.4 Å². The minimum atomic E-state index is -0.124. The Labute approximate surface area is 169 Å². The van der Waals surface area contributed by atoms with Gasteiger partial charge in [-0.3, -0.25) is 9.69 Å². The number of likely N-dealkylation sites (N-methyl/N-ethyl adjacent to an activating group) is 1. The Balaban J connectivity index is 1.59. The summed E-state index contributed by atoms with van der Waals surface area (Å²) in [6.45, 7) is 5.08. The number of hydrogen-bond acceptors (Lipinski definition) is 3. The predicted octanol–water partition coefficient (Wildman–Crippen LogP) is 3.39. The van der Waals surface area contributed by atoms with Gasteiger partial charge in [0.1, 0.15) is 5.82 Å². The van der Waals surface area contributed by atoms with Crippen molar-refractivity contribution in [3.63, 3.8) is 0 Å². The minimum Gasteiger partial charge on any atom is -0.341 e. The topological polar surface area (TPSA) is 26.8 Å². The Morgan fingerprint density at radius 2 is 1.93 bits per heavy atom. The zero-order valence-electron chi connectivity index (χ0n) is 17.3. The molecule has 1 aliphatic carbocycles.